The second kappa shape index (κ2) is 10.5. The highest BCUT2D eigenvalue weighted by Crippen LogP contribution is 2.41. The molecule has 0 bridgehead atoms. The summed E-state index contributed by atoms with van der Waals surface area (Å²) in [7, 11) is 0. The number of hydrogen-bond donors (Lipinski definition) is 1. The third-order valence-corrected chi connectivity index (χ3v) is 7.71. The molecule has 1 saturated heterocycles. The standard InChI is InChI=1S/C30H36N2/c1-4-10-24(11-5-1)22-31-29-20-28(30(21-29)27-14-8-3-9-15-27)23-32-18-16-26(17-19-32)25-12-6-2-7-13-25/h1-15,26,28-31H,16-23H2/t28-,29?,30-/m1/s1. The lowest BCUT2D eigenvalue weighted by atomic mass is 9.86. The quantitative estimate of drug-likeness (QED) is 0.484. The van der Waals surface area contributed by atoms with Gasteiger partial charge in [-0.25, -0.2) is 0 Å². The fourth-order valence-electron chi connectivity index (χ4n) is 5.97. The van der Waals surface area contributed by atoms with Gasteiger partial charge in [0.2, 0.25) is 0 Å². The van der Waals surface area contributed by atoms with Crippen molar-refractivity contribution in [2.24, 2.45) is 5.92 Å². The fraction of sp³-hybridized carbons (Fsp3) is 0.400. The van der Waals surface area contributed by atoms with Gasteiger partial charge in [-0.1, -0.05) is 91.0 Å². The first-order valence-electron chi connectivity index (χ1n) is 12.4. The zero-order valence-corrected chi connectivity index (χ0v) is 19.1. The molecule has 0 spiro atoms. The van der Waals surface area contributed by atoms with Crippen LogP contribution in [0.4, 0.5) is 0 Å². The zero-order valence-electron chi connectivity index (χ0n) is 19.1. The third-order valence-electron chi connectivity index (χ3n) is 7.71. The monoisotopic (exact) mass is 424 g/mol. The van der Waals surface area contributed by atoms with E-state index in [-0.39, 0.29) is 0 Å². The van der Waals surface area contributed by atoms with Crippen LogP contribution in [0.3, 0.4) is 0 Å². The van der Waals surface area contributed by atoms with Crippen molar-refractivity contribution >= 4 is 0 Å². The molecule has 166 valence electrons. The number of nitrogens with one attached hydrogen (secondary N) is 1. The first kappa shape index (κ1) is 21.4. The topological polar surface area (TPSA) is 15.3 Å². The molecule has 2 aliphatic rings. The van der Waals surface area contributed by atoms with Crippen LogP contribution in [-0.4, -0.2) is 30.6 Å². The maximum Gasteiger partial charge on any atom is 0.0208 e. The van der Waals surface area contributed by atoms with Crippen LogP contribution in [0, 0.1) is 5.92 Å². The maximum absolute atomic E-state index is 3.87. The minimum Gasteiger partial charge on any atom is -0.310 e. The van der Waals surface area contributed by atoms with E-state index in [1.54, 1.807) is 0 Å². The molecule has 2 nitrogen and oxygen atoms in total. The summed E-state index contributed by atoms with van der Waals surface area (Å²) in [5, 5.41) is 3.87. The Bertz CT molecular complexity index is 932. The van der Waals surface area contributed by atoms with E-state index in [9.17, 15) is 0 Å². The van der Waals surface area contributed by atoms with Gasteiger partial charge in [0, 0.05) is 19.1 Å². The Labute approximate surface area is 193 Å². The van der Waals surface area contributed by atoms with Crippen molar-refractivity contribution in [3.05, 3.63) is 108 Å². The van der Waals surface area contributed by atoms with Crippen molar-refractivity contribution in [2.75, 3.05) is 19.6 Å². The van der Waals surface area contributed by atoms with Crippen LogP contribution in [0.2, 0.25) is 0 Å². The number of benzene rings is 3. The van der Waals surface area contributed by atoms with E-state index in [0.29, 0.717) is 12.0 Å². The number of hydrogen-bond acceptors (Lipinski definition) is 2. The summed E-state index contributed by atoms with van der Waals surface area (Å²) < 4.78 is 0. The van der Waals surface area contributed by atoms with Gasteiger partial charge in [0.1, 0.15) is 0 Å². The number of piperidine rings is 1. The molecule has 1 heterocycles. The minimum atomic E-state index is 0.604. The molecule has 32 heavy (non-hydrogen) atoms. The van der Waals surface area contributed by atoms with E-state index < -0.39 is 0 Å². The van der Waals surface area contributed by atoms with Crippen LogP contribution >= 0.6 is 0 Å². The summed E-state index contributed by atoms with van der Waals surface area (Å²) in [6.07, 6.45) is 5.12. The van der Waals surface area contributed by atoms with E-state index in [1.165, 1.54) is 62.0 Å². The molecule has 3 aromatic carbocycles. The van der Waals surface area contributed by atoms with Crippen LogP contribution < -0.4 is 5.32 Å². The third kappa shape index (κ3) is 5.31. The van der Waals surface area contributed by atoms with Gasteiger partial charge in [0.15, 0.2) is 0 Å². The van der Waals surface area contributed by atoms with Crippen LogP contribution in [0.25, 0.3) is 0 Å². The largest absolute Gasteiger partial charge is 0.310 e. The van der Waals surface area contributed by atoms with E-state index >= 15 is 0 Å². The highest BCUT2D eigenvalue weighted by Gasteiger charge is 2.36. The first-order chi connectivity index (χ1) is 15.8. The van der Waals surface area contributed by atoms with E-state index in [2.05, 4.69) is 101 Å². The van der Waals surface area contributed by atoms with Crippen molar-refractivity contribution in [1.29, 1.82) is 0 Å². The van der Waals surface area contributed by atoms with Crippen molar-refractivity contribution in [3.8, 4) is 0 Å². The van der Waals surface area contributed by atoms with Gasteiger partial charge in [0.05, 0.1) is 0 Å². The summed E-state index contributed by atoms with van der Waals surface area (Å²) in [4.78, 5) is 2.75. The van der Waals surface area contributed by atoms with Gasteiger partial charge in [0.25, 0.3) is 0 Å². The second-order valence-corrected chi connectivity index (χ2v) is 9.80. The predicted octanol–water partition coefficient (Wildman–Crippen LogP) is 6.22. The Morgan fingerprint density at radius 3 is 1.94 bits per heavy atom. The number of nitrogens with zero attached hydrogens (tertiary/aromatic N) is 1. The molecule has 0 radical (unpaired) electrons. The molecular formula is C30H36N2. The number of likely N-dealkylation sites (tertiary alicyclic amines) is 1. The molecule has 3 aromatic rings. The summed E-state index contributed by atoms with van der Waals surface area (Å²) >= 11 is 0. The lowest BCUT2D eigenvalue weighted by Gasteiger charge is -2.35. The molecule has 5 rings (SSSR count). The van der Waals surface area contributed by atoms with Crippen molar-refractivity contribution in [3.63, 3.8) is 0 Å². The Hall–Kier alpha value is -2.42. The molecule has 0 amide bonds. The average Bonchev–Trinajstić information content (AvgIpc) is 3.27. The molecular weight excluding hydrogens is 388 g/mol. The van der Waals surface area contributed by atoms with Gasteiger partial charge in [-0.2, -0.15) is 0 Å². The summed E-state index contributed by atoms with van der Waals surface area (Å²) in [6.45, 7) is 4.69. The van der Waals surface area contributed by atoms with E-state index in [0.717, 1.165) is 18.4 Å². The van der Waals surface area contributed by atoms with Crippen molar-refractivity contribution in [1.82, 2.24) is 10.2 Å². The molecule has 1 aliphatic carbocycles. The molecule has 1 saturated carbocycles. The van der Waals surface area contributed by atoms with Gasteiger partial charge < -0.3 is 10.2 Å². The fourth-order valence-corrected chi connectivity index (χ4v) is 5.97. The van der Waals surface area contributed by atoms with Gasteiger partial charge in [-0.15, -0.1) is 0 Å². The summed E-state index contributed by atoms with van der Waals surface area (Å²) in [5.74, 6) is 2.14. The summed E-state index contributed by atoms with van der Waals surface area (Å²) in [5.41, 5.74) is 4.44. The van der Waals surface area contributed by atoms with E-state index in [1.807, 2.05) is 0 Å². The highest BCUT2D eigenvalue weighted by molar-refractivity contribution is 5.23. The zero-order chi connectivity index (χ0) is 21.6. The Morgan fingerprint density at radius 1 is 0.688 bits per heavy atom. The molecule has 1 N–H and O–H groups in total. The molecule has 0 aromatic heterocycles. The Balaban J connectivity index is 1.21. The Kier molecular flexibility index (Phi) is 7.01. The first-order valence-corrected chi connectivity index (χ1v) is 12.4. The predicted molar refractivity (Wildman–Crippen MR) is 134 cm³/mol. The van der Waals surface area contributed by atoms with Gasteiger partial charge in [-0.05, 0) is 73.2 Å². The summed E-state index contributed by atoms with van der Waals surface area (Å²) in [6, 6.07) is 33.8. The van der Waals surface area contributed by atoms with Crippen LogP contribution in [0.1, 0.15) is 54.2 Å². The van der Waals surface area contributed by atoms with Gasteiger partial charge in [-0.3, -0.25) is 0 Å². The molecule has 1 aliphatic heterocycles. The van der Waals surface area contributed by atoms with Gasteiger partial charge >= 0.3 is 0 Å². The normalized spacial score (nSPS) is 24.6. The lowest BCUT2D eigenvalue weighted by molar-refractivity contribution is 0.177. The van der Waals surface area contributed by atoms with Crippen LogP contribution in [-0.2, 0) is 6.54 Å². The second-order valence-electron chi connectivity index (χ2n) is 9.80. The minimum absolute atomic E-state index is 0.604. The molecule has 3 atom stereocenters. The molecule has 2 heteroatoms. The van der Waals surface area contributed by atoms with Crippen LogP contribution in [0.15, 0.2) is 91.0 Å². The highest BCUT2D eigenvalue weighted by atomic mass is 15.1. The van der Waals surface area contributed by atoms with Crippen LogP contribution in [0.5, 0.6) is 0 Å². The van der Waals surface area contributed by atoms with Crippen molar-refractivity contribution in [2.45, 2.75) is 50.1 Å². The average molecular weight is 425 g/mol. The Morgan fingerprint density at radius 2 is 1.28 bits per heavy atom. The smallest absolute Gasteiger partial charge is 0.0208 e. The SMILES string of the molecule is c1ccc(CNC2C[C@H](CN3CCC(c4ccccc4)CC3)[C@@H](c3ccccc3)C2)cc1. The maximum atomic E-state index is 3.87. The number of rotatable bonds is 7. The molecule has 2 fully saturated rings. The lowest BCUT2D eigenvalue weighted by Crippen LogP contribution is -2.37. The van der Waals surface area contributed by atoms with Crippen molar-refractivity contribution < 1.29 is 0 Å². The molecule has 1 unspecified atom stereocenters. The van der Waals surface area contributed by atoms with E-state index in [4.69, 9.17) is 0 Å².